The Morgan fingerprint density at radius 2 is 2.09 bits per heavy atom. The number of benzene rings is 1. The number of anilines is 2. The predicted octanol–water partition coefficient (Wildman–Crippen LogP) is 2.04. The van der Waals surface area contributed by atoms with Gasteiger partial charge in [-0.15, -0.1) is 0 Å². The van der Waals surface area contributed by atoms with E-state index in [-0.39, 0.29) is 0 Å². The minimum absolute atomic E-state index is 0.421. The Morgan fingerprint density at radius 1 is 1.22 bits per heavy atom. The molecule has 1 unspecified atom stereocenters. The van der Waals surface area contributed by atoms with Crippen molar-refractivity contribution in [2.24, 2.45) is 0 Å². The fraction of sp³-hybridized carbons (Fsp3) is 0.500. The Kier molecular flexibility index (Phi) is 3.73. The minimum Gasteiger partial charge on any atom is -0.389 e. The summed E-state index contributed by atoms with van der Waals surface area (Å²) in [6.45, 7) is 5.41. The summed E-state index contributed by atoms with van der Waals surface area (Å²) >= 11 is 0. The van der Waals surface area contributed by atoms with Crippen LogP contribution in [0.2, 0.25) is 0 Å². The second-order valence-electron chi connectivity index (χ2n) is 6.70. The van der Waals surface area contributed by atoms with Gasteiger partial charge in [0.25, 0.3) is 0 Å². The summed E-state index contributed by atoms with van der Waals surface area (Å²) < 4.78 is 1.79. The molecule has 2 aromatic rings. The summed E-state index contributed by atoms with van der Waals surface area (Å²) in [6, 6.07) is 9.12. The van der Waals surface area contributed by atoms with Crippen LogP contribution in [0.25, 0.3) is 0 Å². The van der Waals surface area contributed by atoms with Crippen LogP contribution in [0.1, 0.15) is 18.4 Å². The number of hydrogen-bond acceptors (Lipinski definition) is 4. The highest BCUT2D eigenvalue weighted by Gasteiger charge is 2.35. The number of hydrogen-bond donors (Lipinski definition) is 1. The highest BCUT2D eigenvalue weighted by Crippen LogP contribution is 2.41. The SMILES string of the molecule is Cc1cccc2c1N(C1CC1)CCN2CC(O)Cn1cccn1. The minimum atomic E-state index is -0.421. The second kappa shape index (κ2) is 5.89. The molecule has 1 fully saturated rings. The van der Waals surface area contributed by atoms with Crippen molar-refractivity contribution >= 4 is 11.4 Å². The van der Waals surface area contributed by atoms with Gasteiger partial charge in [-0.3, -0.25) is 4.68 Å². The molecule has 1 saturated carbocycles. The van der Waals surface area contributed by atoms with Crippen LogP contribution in [0.15, 0.2) is 36.7 Å². The van der Waals surface area contributed by atoms with E-state index in [1.54, 1.807) is 10.9 Å². The zero-order valence-electron chi connectivity index (χ0n) is 13.6. The third-order valence-electron chi connectivity index (χ3n) is 4.83. The number of aliphatic hydroxyl groups excluding tert-OH is 1. The molecule has 23 heavy (non-hydrogen) atoms. The van der Waals surface area contributed by atoms with Crippen LogP contribution in [0.3, 0.4) is 0 Å². The molecule has 1 aliphatic carbocycles. The van der Waals surface area contributed by atoms with Crippen molar-refractivity contribution in [1.29, 1.82) is 0 Å². The molecule has 0 bridgehead atoms. The Bertz CT molecular complexity index is 666. The maximum absolute atomic E-state index is 10.4. The molecule has 1 aliphatic heterocycles. The fourth-order valence-corrected chi connectivity index (χ4v) is 3.61. The van der Waals surface area contributed by atoms with Gasteiger partial charge in [-0.05, 0) is 37.5 Å². The van der Waals surface area contributed by atoms with Crippen molar-refractivity contribution in [3.8, 4) is 0 Å². The van der Waals surface area contributed by atoms with Gasteiger partial charge in [-0.2, -0.15) is 5.10 Å². The molecule has 1 aromatic carbocycles. The molecule has 2 heterocycles. The third-order valence-corrected chi connectivity index (χ3v) is 4.83. The van der Waals surface area contributed by atoms with Gasteiger partial charge >= 0.3 is 0 Å². The smallest absolute Gasteiger partial charge is 0.0910 e. The number of rotatable bonds is 5. The standard InChI is InChI=1S/C18H24N4O/c1-14-4-2-5-17-18(14)22(15-6-7-15)11-10-20(17)12-16(23)13-21-9-3-8-19-21/h2-5,8-9,15-16,23H,6-7,10-13H2,1H3. The monoisotopic (exact) mass is 312 g/mol. The van der Waals surface area contributed by atoms with E-state index in [9.17, 15) is 5.11 Å². The first kappa shape index (κ1) is 14.6. The summed E-state index contributed by atoms with van der Waals surface area (Å²) in [5.74, 6) is 0. The first-order chi connectivity index (χ1) is 11.2. The maximum Gasteiger partial charge on any atom is 0.0910 e. The molecule has 5 heteroatoms. The van der Waals surface area contributed by atoms with Gasteiger partial charge < -0.3 is 14.9 Å². The van der Waals surface area contributed by atoms with Gasteiger partial charge in [0.05, 0.1) is 24.0 Å². The summed E-state index contributed by atoms with van der Waals surface area (Å²) in [6.07, 6.45) is 5.85. The molecule has 0 saturated heterocycles. The molecule has 0 amide bonds. The van der Waals surface area contributed by atoms with E-state index in [2.05, 4.69) is 40.0 Å². The average Bonchev–Trinajstić information content (AvgIpc) is 3.26. The molecular formula is C18H24N4O. The number of β-amino-alcohol motifs (C(OH)–C–C–N with tert-alkyl or cyclic N) is 1. The Hall–Kier alpha value is -2.01. The molecule has 1 atom stereocenters. The molecule has 1 aromatic heterocycles. The number of aromatic nitrogens is 2. The topological polar surface area (TPSA) is 44.5 Å². The van der Waals surface area contributed by atoms with Crippen molar-refractivity contribution in [2.45, 2.75) is 38.5 Å². The van der Waals surface area contributed by atoms with Crippen LogP contribution in [0, 0.1) is 6.92 Å². The van der Waals surface area contributed by atoms with Crippen LogP contribution in [0.4, 0.5) is 11.4 Å². The highest BCUT2D eigenvalue weighted by atomic mass is 16.3. The van der Waals surface area contributed by atoms with E-state index in [0.29, 0.717) is 13.1 Å². The van der Waals surface area contributed by atoms with Crippen LogP contribution in [0.5, 0.6) is 0 Å². The molecule has 1 N–H and O–H groups in total. The summed E-state index contributed by atoms with van der Waals surface area (Å²) in [4.78, 5) is 4.90. The molecule has 5 nitrogen and oxygen atoms in total. The molecular weight excluding hydrogens is 288 g/mol. The molecule has 0 radical (unpaired) electrons. The van der Waals surface area contributed by atoms with E-state index >= 15 is 0 Å². The van der Waals surface area contributed by atoms with E-state index in [0.717, 1.165) is 19.1 Å². The number of nitrogens with zero attached hydrogens (tertiary/aromatic N) is 4. The Balaban J connectivity index is 1.53. The maximum atomic E-state index is 10.4. The average molecular weight is 312 g/mol. The lowest BCUT2D eigenvalue weighted by molar-refractivity contribution is 0.154. The van der Waals surface area contributed by atoms with Crippen molar-refractivity contribution in [3.05, 3.63) is 42.2 Å². The third kappa shape index (κ3) is 2.93. The zero-order chi connectivity index (χ0) is 15.8. The van der Waals surface area contributed by atoms with Crippen molar-refractivity contribution in [3.63, 3.8) is 0 Å². The van der Waals surface area contributed by atoms with E-state index in [4.69, 9.17) is 0 Å². The van der Waals surface area contributed by atoms with Crippen molar-refractivity contribution < 1.29 is 5.11 Å². The Morgan fingerprint density at radius 3 is 2.83 bits per heavy atom. The lowest BCUT2D eigenvalue weighted by Gasteiger charge is -2.41. The van der Waals surface area contributed by atoms with Crippen LogP contribution >= 0.6 is 0 Å². The normalized spacial score (nSPS) is 18.9. The predicted molar refractivity (Wildman–Crippen MR) is 92.0 cm³/mol. The fourth-order valence-electron chi connectivity index (χ4n) is 3.61. The number of aryl methyl sites for hydroxylation is 1. The van der Waals surface area contributed by atoms with Crippen LogP contribution in [-0.4, -0.2) is 46.7 Å². The molecule has 2 aliphatic rings. The first-order valence-corrected chi connectivity index (χ1v) is 8.49. The van der Waals surface area contributed by atoms with E-state index in [1.807, 2.05) is 12.3 Å². The van der Waals surface area contributed by atoms with Gasteiger partial charge in [0, 0.05) is 38.1 Å². The van der Waals surface area contributed by atoms with Crippen LogP contribution < -0.4 is 9.80 Å². The number of para-hydroxylation sites is 1. The first-order valence-electron chi connectivity index (χ1n) is 8.49. The van der Waals surface area contributed by atoms with E-state index < -0.39 is 6.10 Å². The Labute approximate surface area is 137 Å². The highest BCUT2D eigenvalue weighted by molar-refractivity contribution is 5.77. The zero-order valence-corrected chi connectivity index (χ0v) is 13.6. The summed E-state index contributed by atoms with van der Waals surface area (Å²) in [5.41, 5.74) is 3.97. The van der Waals surface area contributed by atoms with Crippen molar-refractivity contribution in [2.75, 3.05) is 29.4 Å². The van der Waals surface area contributed by atoms with Gasteiger partial charge in [-0.1, -0.05) is 12.1 Å². The summed E-state index contributed by atoms with van der Waals surface area (Å²) in [7, 11) is 0. The van der Waals surface area contributed by atoms with Gasteiger partial charge in [-0.25, -0.2) is 0 Å². The number of fused-ring (bicyclic) bond motifs is 1. The molecule has 122 valence electrons. The lowest BCUT2D eigenvalue weighted by atomic mass is 10.1. The van der Waals surface area contributed by atoms with Gasteiger partial charge in [0.2, 0.25) is 0 Å². The van der Waals surface area contributed by atoms with Gasteiger partial charge in [0.1, 0.15) is 0 Å². The largest absolute Gasteiger partial charge is 0.389 e. The second-order valence-corrected chi connectivity index (χ2v) is 6.70. The molecule has 0 spiro atoms. The van der Waals surface area contributed by atoms with Crippen molar-refractivity contribution in [1.82, 2.24) is 9.78 Å². The quantitative estimate of drug-likeness (QED) is 0.918. The summed E-state index contributed by atoms with van der Waals surface area (Å²) in [5, 5.41) is 14.6. The van der Waals surface area contributed by atoms with Crippen LogP contribution in [-0.2, 0) is 6.54 Å². The molecule has 4 rings (SSSR count). The number of aliphatic hydroxyl groups is 1. The lowest BCUT2D eigenvalue weighted by Crippen LogP contribution is -2.45. The van der Waals surface area contributed by atoms with Gasteiger partial charge in [0.15, 0.2) is 0 Å². The van der Waals surface area contributed by atoms with E-state index in [1.165, 1.54) is 29.8 Å².